The molecular weight excluding hydrogens is 272 g/mol. The summed E-state index contributed by atoms with van der Waals surface area (Å²) >= 11 is 6.08. The Kier molecular flexibility index (Phi) is 4.64. The highest BCUT2D eigenvalue weighted by molar-refractivity contribution is 6.33. The molecule has 20 heavy (non-hydrogen) atoms. The fraction of sp³-hybridized carbons (Fsp3) is 0.188. The SMILES string of the molecule is Cc1cccc(NCC(=O)Nc2ccc(C)cc2Cl)c1. The van der Waals surface area contributed by atoms with Gasteiger partial charge in [0.15, 0.2) is 0 Å². The second-order valence-corrected chi connectivity index (χ2v) is 5.16. The maximum atomic E-state index is 11.9. The first-order valence-electron chi connectivity index (χ1n) is 6.41. The Morgan fingerprint density at radius 3 is 2.55 bits per heavy atom. The molecule has 2 aromatic carbocycles. The van der Waals surface area contributed by atoms with Crippen LogP contribution in [0.15, 0.2) is 42.5 Å². The van der Waals surface area contributed by atoms with Crippen LogP contribution in [-0.2, 0) is 4.79 Å². The monoisotopic (exact) mass is 288 g/mol. The van der Waals surface area contributed by atoms with Gasteiger partial charge in [-0.3, -0.25) is 4.79 Å². The van der Waals surface area contributed by atoms with Crippen LogP contribution in [-0.4, -0.2) is 12.5 Å². The summed E-state index contributed by atoms with van der Waals surface area (Å²) in [7, 11) is 0. The van der Waals surface area contributed by atoms with Crippen LogP contribution in [0, 0.1) is 13.8 Å². The average Bonchev–Trinajstić information content (AvgIpc) is 2.40. The van der Waals surface area contributed by atoms with Crippen molar-refractivity contribution >= 4 is 28.9 Å². The van der Waals surface area contributed by atoms with E-state index in [9.17, 15) is 4.79 Å². The number of anilines is 2. The Hall–Kier alpha value is -2.00. The molecule has 104 valence electrons. The maximum absolute atomic E-state index is 11.9. The van der Waals surface area contributed by atoms with Crippen molar-refractivity contribution in [3.05, 3.63) is 58.6 Å². The molecule has 0 fully saturated rings. The van der Waals surface area contributed by atoms with Crippen molar-refractivity contribution < 1.29 is 4.79 Å². The number of aryl methyl sites for hydroxylation is 2. The molecule has 2 aromatic rings. The van der Waals surface area contributed by atoms with E-state index in [2.05, 4.69) is 10.6 Å². The minimum atomic E-state index is -0.128. The second-order valence-electron chi connectivity index (χ2n) is 4.75. The van der Waals surface area contributed by atoms with Gasteiger partial charge in [0.05, 0.1) is 17.3 Å². The summed E-state index contributed by atoms with van der Waals surface area (Å²) in [6, 6.07) is 13.4. The summed E-state index contributed by atoms with van der Waals surface area (Å²) in [6.45, 7) is 4.17. The van der Waals surface area contributed by atoms with Gasteiger partial charge in [-0.1, -0.05) is 29.8 Å². The Labute approximate surface area is 124 Å². The molecule has 0 aliphatic heterocycles. The molecule has 2 rings (SSSR count). The van der Waals surface area contributed by atoms with Crippen molar-refractivity contribution in [1.82, 2.24) is 0 Å². The molecule has 0 aromatic heterocycles. The standard InChI is InChI=1S/C16H17ClN2O/c1-11-4-3-5-13(8-11)18-10-16(20)19-15-7-6-12(2)9-14(15)17/h3-9,18H,10H2,1-2H3,(H,19,20). The van der Waals surface area contributed by atoms with Crippen LogP contribution in [0.5, 0.6) is 0 Å². The summed E-state index contributed by atoms with van der Waals surface area (Å²) in [5.41, 5.74) is 3.77. The Morgan fingerprint density at radius 2 is 1.85 bits per heavy atom. The van der Waals surface area contributed by atoms with Gasteiger partial charge in [-0.25, -0.2) is 0 Å². The van der Waals surface area contributed by atoms with E-state index in [0.29, 0.717) is 10.7 Å². The van der Waals surface area contributed by atoms with E-state index in [1.807, 2.05) is 56.3 Å². The first-order valence-corrected chi connectivity index (χ1v) is 6.79. The van der Waals surface area contributed by atoms with Crippen LogP contribution in [0.3, 0.4) is 0 Å². The predicted molar refractivity (Wildman–Crippen MR) is 84.5 cm³/mol. The Balaban J connectivity index is 1.92. The molecule has 0 heterocycles. The molecule has 3 nitrogen and oxygen atoms in total. The fourth-order valence-electron chi connectivity index (χ4n) is 1.85. The summed E-state index contributed by atoms with van der Waals surface area (Å²) in [5, 5.41) is 6.42. The number of rotatable bonds is 4. The number of carbonyl (C=O) groups excluding carboxylic acids is 1. The number of carbonyl (C=O) groups is 1. The number of hydrogen-bond donors (Lipinski definition) is 2. The van der Waals surface area contributed by atoms with Crippen LogP contribution < -0.4 is 10.6 Å². The van der Waals surface area contributed by atoms with E-state index in [-0.39, 0.29) is 12.5 Å². The molecular formula is C16H17ClN2O. The van der Waals surface area contributed by atoms with E-state index < -0.39 is 0 Å². The highest BCUT2D eigenvalue weighted by Crippen LogP contribution is 2.22. The zero-order chi connectivity index (χ0) is 14.5. The third-order valence-corrected chi connectivity index (χ3v) is 3.18. The second kappa shape index (κ2) is 6.44. The normalized spacial score (nSPS) is 10.2. The predicted octanol–water partition coefficient (Wildman–Crippen LogP) is 4.01. The third kappa shape index (κ3) is 4.00. The van der Waals surface area contributed by atoms with Crippen LogP contribution in [0.1, 0.15) is 11.1 Å². The molecule has 0 bridgehead atoms. The van der Waals surface area contributed by atoms with Gasteiger partial charge in [-0.2, -0.15) is 0 Å². The highest BCUT2D eigenvalue weighted by Gasteiger charge is 2.05. The largest absolute Gasteiger partial charge is 0.376 e. The fourth-order valence-corrected chi connectivity index (χ4v) is 2.14. The van der Waals surface area contributed by atoms with Crippen LogP contribution >= 0.6 is 11.6 Å². The van der Waals surface area contributed by atoms with Crippen molar-refractivity contribution in [2.24, 2.45) is 0 Å². The molecule has 0 aliphatic carbocycles. The lowest BCUT2D eigenvalue weighted by atomic mass is 10.2. The van der Waals surface area contributed by atoms with E-state index in [0.717, 1.165) is 16.8 Å². The lowest BCUT2D eigenvalue weighted by Crippen LogP contribution is -2.21. The molecule has 0 atom stereocenters. The van der Waals surface area contributed by atoms with Crippen LogP contribution in [0.25, 0.3) is 0 Å². The molecule has 0 spiro atoms. The molecule has 0 saturated heterocycles. The topological polar surface area (TPSA) is 41.1 Å². The number of amides is 1. The van der Waals surface area contributed by atoms with E-state index >= 15 is 0 Å². The van der Waals surface area contributed by atoms with Gasteiger partial charge in [0.25, 0.3) is 0 Å². The minimum Gasteiger partial charge on any atom is -0.376 e. The zero-order valence-electron chi connectivity index (χ0n) is 11.5. The molecule has 0 saturated carbocycles. The first kappa shape index (κ1) is 14.4. The number of benzene rings is 2. The van der Waals surface area contributed by atoms with Crippen molar-refractivity contribution in [3.63, 3.8) is 0 Å². The maximum Gasteiger partial charge on any atom is 0.243 e. The highest BCUT2D eigenvalue weighted by atomic mass is 35.5. The van der Waals surface area contributed by atoms with Gasteiger partial charge in [0.2, 0.25) is 5.91 Å². The summed E-state index contributed by atoms with van der Waals surface area (Å²) in [5.74, 6) is -0.128. The van der Waals surface area contributed by atoms with Gasteiger partial charge in [-0.05, 0) is 49.2 Å². The molecule has 4 heteroatoms. The summed E-state index contributed by atoms with van der Waals surface area (Å²) in [4.78, 5) is 11.9. The van der Waals surface area contributed by atoms with E-state index in [4.69, 9.17) is 11.6 Å². The molecule has 0 aliphatic rings. The molecule has 1 amide bonds. The number of halogens is 1. The molecule has 0 radical (unpaired) electrons. The quantitative estimate of drug-likeness (QED) is 0.892. The van der Waals surface area contributed by atoms with Gasteiger partial charge in [0, 0.05) is 5.69 Å². The Bertz CT molecular complexity index is 626. The van der Waals surface area contributed by atoms with Gasteiger partial charge in [0.1, 0.15) is 0 Å². The lowest BCUT2D eigenvalue weighted by Gasteiger charge is -2.10. The van der Waals surface area contributed by atoms with Gasteiger partial charge < -0.3 is 10.6 Å². The Morgan fingerprint density at radius 1 is 1.10 bits per heavy atom. The number of hydrogen-bond acceptors (Lipinski definition) is 2. The smallest absolute Gasteiger partial charge is 0.243 e. The van der Waals surface area contributed by atoms with E-state index in [1.54, 1.807) is 0 Å². The van der Waals surface area contributed by atoms with Gasteiger partial charge in [-0.15, -0.1) is 0 Å². The summed E-state index contributed by atoms with van der Waals surface area (Å²) < 4.78 is 0. The van der Waals surface area contributed by atoms with Crippen LogP contribution in [0.2, 0.25) is 5.02 Å². The van der Waals surface area contributed by atoms with Crippen molar-refractivity contribution in [3.8, 4) is 0 Å². The van der Waals surface area contributed by atoms with Crippen molar-refractivity contribution in [2.75, 3.05) is 17.2 Å². The van der Waals surface area contributed by atoms with Crippen molar-refractivity contribution in [1.29, 1.82) is 0 Å². The van der Waals surface area contributed by atoms with Gasteiger partial charge >= 0.3 is 0 Å². The summed E-state index contributed by atoms with van der Waals surface area (Å²) in [6.07, 6.45) is 0. The third-order valence-electron chi connectivity index (χ3n) is 2.87. The van der Waals surface area contributed by atoms with Crippen molar-refractivity contribution in [2.45, 2.75) is 13.8 Å². The van der Waals surface area contributed by atoms with Crippen LogP contribution in [0.4, 0.5) is 11.4 Å². The zero-order valence-corrected chi connectivity index (χ0v) is 12.3. The molecule has 2 N–H and O–H groups in total. The number of nitrogens with one attached hydrogen (secondary N) is 2. The minimum absolute atomic E-state index is 0.128. The average molecular weight is 289 g/mol. The molecule has 0 unspecified atom stereocenters. The first-order chi connectivity index (χ1) is 9.54. The lowest BCUT2D eigenvalue weighted by molar-refractivity contribution is -0.114. The van der Waals surface area contributed by atoms with E-state index in [1.165, 1.54) is 0 Å².